The van der Waals surface area contributed by atoms with Crippen LogP contribution in [0.4, 0.5) is 5.82 Å². The van der Waals surface area contributed by atoms with Crippen LogP contribution in [0.25, 0.3) is 11.0 Å². The van der Waals surface area contributed by atoms with Crippen molar-refractivity contribution in [3.8, 4) is 0 Å². The van der Waals surface area contributed by atoms with Crippen molar-refractivity contribution in [2.24, 2.45) is 0 Å². The van der Waals surface area contributed by atoms with E-state index in [2.05, 4.69) is 25.3 Å². The second-order valence-corrected chi connectivity index (χ2v) is 4.68. The monoisotopic (exact) mass is 282 g/mol. The van der Waals surface area contributed by atoms with E-state index in [0.29, 0.717) is 5.82 Å². The number of carbonyl (C=O) groups is 1. The lowest BCUT2D eigenvalue weighted by atomic mass is 10.2. The summed E-state index contributed by atoms with van der Waals surface area (Å²) in [6, 6.07) is 5.94. The van der Waals surface area contributed by atoms with Crippen molar-refractivity contribution < 1.29 is 4.79 Å². The highest BCUT2D eigenvalue weighted by atomic mass is 16.1. The van der Waals surface area contributed by atoms with Gasteiger partial charge in [-0.05, 0) is 24.6 Å². The number of amides is 1. The Morgan fingerprint density at radius 2 is 2.14 bits per heavy atom. The zero-order chi connectivity index (χ0) is 14.8. The third-order valence-electron chi connectivity index (χ3n) is 3.04. The number of aromatic nitrogens is 4. The van der Waals surface area contributed by atoms with Crippen LogP contribution < -0.4 is 11.1 Å². The number of hydrogen-bond donors (Lipinski definition) is 3. The van der Waals surface area contributed by atoms with E-state index in [1.807, 2.05) is 25.1 Å². The highest BCUT2D eigenvalue weighted by molar-refractivity contribution is 5.96. The normalized spacial score (nSPS) is 10.7. The minimum Gasteiger partial charge on any atom is -0.382 e. The summed E-state index contributed by atoms with van der Waals surface area (Å²) in [4.78, 5) is 27.3. The fourth-order valence-electron chi connectivity index (χ4n) is 2.03. The molecular formula is C14H14N6O. The smallest absolute Gasteiger partial charge is 0.274 e. The molecule has 106 valence electrons. The SMILES string of the molecule is Cc1ccc2nc(CNC(=O)c3nccnc3N)[nH]c2c1. The summed E-state index contributed by atoms with van der Waals surface area (Å²) in [6.45, 7) is 2.28. The molecular weight excluding hydrogens is 268 g/mol. The molecule has 0 aliphatic rings. The van der Waals surface area contributed by atoms with Gasteiger partial charge in [-0.2, -0.15) is 0 Å². The van der Waals surface area contributed by atoms with Gasteiger partial charge in [0.2, 0.25) is 0 Å². The highest BCUT2D eigenvalue weighted by Gasteiger charge is 2.12. The fraction of sp³-hybridized carbons (Fsp3) is 0.143. The average Bonchev–Trinajstić information content (AvgIpc) is 2.87. The lowest BCUT2D eigenvalue weighted by Crippen LogP contribution is -2.25. The Hall–Kier alpha value is -2.96. The molecule has 3 aromatic rings. The molecule has 7 heteroatoms. The second-order valence-electron chi connectivity index (χ2n) is 4.68. The van der Waals surface area contributed by atoms with E-state index >= 15 is 0 Å². The van der Waals surface area contributed by atoms with Crippen molar-refractivity contribution in [1.29, 1.82) is 0 Å². The van der Waals surface area contributed by atoms with Gasteiger partial charge in [0, 0.05) is 12.4 Å². The molecule has 0 fully saturated rings. The van der Waals surface area contributed by atoms with Crippen LogP contribution in [-0.2, 0) is 6.54 Å². The topological polar surface area (TPSA) is 110 Å². The molecule has 2 aromatic heterocycles. The Morgan fingerprint density at radius 1 is 1.33 bits per heavy atom. The van der Waals surface area contributed by atoms with Crippen LogP contribution in [0.3, 0.4) is 0 Å². The number of H-pyrrole nitrogens is 1. The first-order valence-electron chi connectivity index (χ1n) is 6.43. The number of nitrogen functional groups attached to an aromatic ring is 1. The minimum atomic E-state index is -0.378. The van der Waals surface area contributed by atoms with Crippen molar-refractivity contribution in [2.75, 3.05) is 5.73 Å². The van der Waals surface area contributed by atoms with Crippen molar-refractivity contribution in [3.63, 3.8) is 0 Å². The Kier molecular flexibility index (Phi) is 3.23. The predicted molar refractivity (Wildman–Crippen MR) is 78.4 cm³/mol. The number of aromatic amines is 1. The van der Waals surface area contributed by atoms with Crippen molar-refractivity contribution in [3.05, 3.63) is 47.7 Å². The Balaban J connectivity index is 1.74. The molecule has 0 bridgehead atoms. The zero-order valence-electron chi connectivity index (χ0n) is 11.4. The van der Waals surface area contributed by atoms with Gasteiger partial charge in [0.25, 0.3) is 5.91 Å². The minimum absolute atomic E-state index is 0.107. The molecule has 0 atom stereocenters. The Bertz CT molecular complexity index is 810. The van der Waals surface area contributed by atoms with Crippen LogP contribution in [0, 0.1) is 6.92 Å². The average molecular weight is 282 g/mol. The highest BCUT2D eigenvalue weighted by Crippen LogP contribution is 2.13. The maximum atomic E-state index is 12.0. The summed E-state index contributed by atoms with van der Waals surface area (Å²) < 4.78 is 0. The van der Waals surface area contributed by atoms with Crippen LogP contribution in [-0.4, -0.2) is 25.8 Å². The van der Waals surface area contributed by atoms with Gasteiger partial charge in [-0.15, -0.1) is 0 Å². The number of nitrogens with one attached hydrogen (secondary N) is 2. The third kappa shape index (κ3) is 2.66. The Morgan fingerprint density at radius 3 is 2.95 bits per heavy atom. The number of rotatable bonds is 3. The van der Waals surface area contributed by atoms with Crippen LogP contribution >= 0.6 is 0 Å². The molecule has 1 amide bonds. The van der Waals surface area contributed by atoms with E-state index in [0.717, 1.165) is 16.6 Å². The first kappa shape index (κ1) is 13.0. The maximum absolute atomic E-state index is 12.0. The van der Waals surface area contributed by atoms with Crippen LogP contribution in [0.5, 0.6) is 0 Å². The van der Waals surface area contributed by atoms with E-state index in [1.165, 1.54) is 12.4 Å². The number of nitrogens with two attached hydrogens (primary N) is 1. The Labute approximate surface area is 120 Å². The van der Waals surface area contributed by atoms with Gasteiger partial charge >= 0.3 is 0 Å². The molecule has 0 saturated carbocycles. The molecule has 0 radical (unpaired) electrons. The summed E-state index contributed by atoms with van der Waals surface area (Å²) in [7, 11) is 0. The van der Waals surface area contributed by atoms with Gasteiger partial charge in [-0.25, -0.2) is 15.0 Å². The third-order valence-corrected chi connectivity index (χ3v) is 3.04. The van der Waals surface area contributed by atoms with E-state index in [-0.39, 0.29) is 24.0 Å². The second kappa shape index (κ2) is 5.20. The van der Waals surface area contributed by atoms with Crippen molar-refractivity contribution in [2.45, 2.75) is 13.5 Å². The summed E-state index contributed by atoms with van der Waals surface area (Å²) in [6.07, 6.45) is 2.86. The number of nitrogens with zero attached hydrogens (tertiary/aromatic N) is 3. The number of imidazole rings is 1. The van der Waals surface area contributed by atoms with Crippen molar-refractivity contribution in [1.82, 2.24) is 25.3 Å². The van der Waals surface area contributed by atoms with E-state index in [4.69, 9.17) is 5.73 Å². The zero-order valence-corrected chi connectivity index (χ0v) is 11.4. The number of benzene rings is 1. The summed E-state index contributed by atoms with van der Waals surface area (Å²) in [5, 5.41) is 2.72. The van der Waals surface area contributed by atoms with Crippen LogP contribution in [0.15, 0.2) is 30.6 Å². The number of carbonyl (C=O) groups excluding carboxylic acids is 1. The molecule has 21 heavy (non-hydrogen) atoms. The summed E-state index contributed by atoms with van der Waals surface area (Å²) in [5.41, 5.74) is 8.68. The molecule has 0 unspecified atom stereocenters. The van der Waals surface area contributed by atoms with Gasteiger partial charge in [0.15, 0.2) is 11.5 Å². The fourth-order valence-corrected chi connectivity index (χ4v) is 2.03. The first-order chi connectivity index (χ1) is 10.1. The van der Waals surface area contributed by atoms with Crippen molar-refractivity contribution >= 4 is 22.8 Å². The number of fused-ring (bicyclic) bond motifs is 1. The lowest BCUT2D eigenvalue weighted by Gasteiger charge is -2.03. The van der Waals surface area contributed by atoms with E-state index in [9.17, 15) is 4.79 Å². The molecule has 0 saturated heterocycles. The van der Waals surface area contributed by atoms with Crippen LogP contribution in [0.1, 0.15) is 21.9 Å². The number of hydrogen-bond acceptors (Lipinski definition) is 5. The molecule has 1 aromatic carbocycles. The molecule has 0 aliphatic heterocycles. The standard InChI is InChI=1S/C14H14N6O/c1-8-2-3-9-10(6-8)20-11(19-9)7-18-14(21)12-13(15)17-5-4-16-12/h2-6H,7H2,1H3,(H2,15,17)(H,18,21)(H,19,20). The van der Waals surface area contributed by atoms with Gasteiger partial charge in [-0.3, -0.25) is 4.79 Å². The molecule has 4 N–H and O–H groups in total. The largest absolute Gasteiger partial charge is 0.382 e. The number of aryl methyl sites for hydroxylation is 1. The predicted octanol–water partition coefficient (Wildman–Crippen LogP) is 1.17. The van der Waals surface area contributed by atoms with Gasteiger partial charge in [-0.1, -0.05) is 6.07 Å². The first-order valence-corrected chi connectivity index (χ1v) is 6.43. The quantitative estimate of drug-likeness (QED) is 0.668. The summed E-state index contributed by atoms with van der Waals surface area (Å²) in [5.74, 6) is 0.402. The molecule has 3 rings (SSSR count). The molecule has 0 spiro atoms. The van der Waals surface area contributed by atoms with E-state index < -0.39 is 0 Å². The lowest BCUT2D eigenvalue weighted by molar-refractivity contribution is 0.0945. The van der Waals surface area contributed by atoms with E-state index in [1.54, 1.807) is 0 Å². The van der Waals surface area contributed by atoms with Crippen LogP contribution in [0.2, 0.25) is 0 Å². The molecule has 7 nitrogen and oxygen atoms in total. The van der Waals surface area contributed by atoms with Gasteiger partial charge in [0.1, 0.15) is 5.82 Å². The van der Waals surface area contributed by atoms with Gasteiger partial charge in [0.05, 0.1) is 17.6 Å². The van der Waals surface area contributed by atoms with Gasteiger partial charge < -0.3 is 16.0 Å². The maximum Gasteiger partial charge on any atom is 0.274 e. The summed E-state index contributed by atoms with van der Waals surface area (Å²) >= 11 is 0. The molecule has 2 heterocycles. The molecule has 0 aliphatic carbocycles. The number of anilines is 1.